The van der Waals surface area contributed by atoms with E-state index in [0.29, 0.717) is 16.3 Å². The van der Waals surface area contributed by atoms with Crippen LogP contribution < -0.4 is 5.32 Å². The number of amides is 3. The third-order valence-electron chi connectivity index (χ3n) is 4.59. The van der Waals surface area contributed by atoms with Crippen molar-refractivity contribution in [1.29, 1.82) is 0 Å². The lowest BCUT2D eigenvalue weighted by atomic mass is 10.1. The van der Waals surface area contributed by atoms with E-state index in [-0.39, 0.29) is 23.9 Å². The largest absolute Gasteiger partial charge is 0.298 e. The monoisotopic (exact) mass is 391 g/mol. The van der Waals surface area contributed by atoms with Gasteiger partial charge in [0.1, 0.15) is 0 Å². The highest BCUT2D eigenvalue weighted by molar-refractivity contribution is 7.22. The minimum Gasteiger partial charge on any atom is -0.298 e. The molecular formula is C21H17N3O3S. The third-order valence-corrected chi connectivity index (χ3v) is 5.51. The van der Waals surface area contributed by atoms with Crippen molar-refractivity contribution in [2.45, 2.75) is 13.8 Å². The Hall–Kier alpha value is -3.32. The number of nitrogens with zero attached hydrogens (tertiary/aromatic N) is 2. The summed E-state index contributed by atoms with van der Waals surface area (Å²) in [6.45, 7) is 7.70. The standard InChI is InChI=1S/C21H17N3O3S/c1-4-7-24-19(26)14-6-5-13(10-15(14)20(24)27)18(25)23-21-22-17-12(3)8-11(2)9-16(17)28-21/h4-6,8-10H,1,7H2,2-3H3,(H,22,23,25). The maximum Gasteiger partial charge on any atom is 0.261 e. The molecule has 3 aromatic rings. The van der Waals surface area contributed by atoms with Crippen LogP contribution in [0.5, 0.6) is 0 Å². The number of anilines is 1. The van der Waals surface area contributed by atoms with Crippen molar-refractivity contribution < 1.29 is 14.4 Å². The van der Waals surface area contributed by atoms with Crippen LogP contribution in [0.25, 0.3) is 10.2 Å². The first-order valence-corrected chi connectivity index (χ1v) is 9.51. The normalized spacial score (nSPS) is 13.1. The van der Waals surface area contributed by atoms with E-state index >= 15 is 0 Å². The number of benzene rings is 2. The summed E-state index contributed by atoms with van der Waals surface area (Å²) in [5, 5.41) is 3.28. The highest BCUT2D eigenvalue weighted by atomic mass is 32.1. The molecule has 0 spiro atoms. The van der Waals surface area contributed by atoms with Gasteiger partial charge in [-0.25, -0.2) is 4.98 Å². The number of hydrogen-bond donors (Lipinski definition) is 1. The first-order valence-electron chi connectivity index (χ1n) is 8.69. The predicted octanol–water partition coefficient (Wildman–Crippen LogP) is 3.95. The van der Waals surface area contributed by atoms with Gasteiger partial charge in [-0.15, -0.1) is 6.58 Å². The number of carbonyl (C=O) groups is 3. The number of thiazole rings is 1. The number of aryl methyl sites for hydroxylation is 2. The van der Waals surface area contributed by atoms with Crippen LogP contribution in [0, 0.1) is 13.8 Å². The topological polar surface area (TPSA) is 79.4 Å². The Bertz CT molecular complexity index is 1180. The molecule has 6 nitrogen and oxygen atoms in total. The molecule has 0 radical (unpaired) electrons. The van der Waals surface area contributed by atoms with E-state index in [0.717, 1.165) is 26.2 Å². The van der Waals surface area contributed by atoms with Crippen molar-refractivity contribution in [3.63, 3.8) is 0 Å². The van der Waals surface area contributed by atoms with E-state index in [2.05, 4.69) is 16.9 Å². The molecule has 7 heteroatoms. The zero-order valence-corrected chi connectivity index (χ0v) is 16.2. The SMILES string of the molecule is C=CCN1C(=O)c2ccc(C(=O)Nc3nc4c(C)cc(C)cc4s3)cc2C1=O. The smallest absolute Gasteiger partial charge is 0.261 e. The van der Waals surface area contributed by atoms with Crippen molar-refractivity contribution in [3.05, 3.63) is 70.8 Å². The molecule has 1 aliphatic rings. The lowest BCUT2D eigenvalue weighted by Crippen LogP contribution is -2.29. The molecular weight excluding hydrogens is 374 g/mol. The lowest BCUT2D eigenvalue weighted by molar-refractivity contribution is 0.0672. The fraction of sp³-hybridized carbons (Fsp3) is 0.143. The zero-order chi connectivity index (χ0) is 20.0. The van der Waals surface area contributed by atoms with Gasteiger partial charge >= 0.3 is 0 Å². The number of fused-ring (bicyclic) bond motifs is 2. The molecule has 2 aromatic carbocycles. The van der Waals surface area contributed by atoms with E-state index < -0.39 is 5.91 Å². The summed E-state index contributed by atoms with van der Waals surface area (Å²) in [6.07, 6.45) is 1.49. The molecule has 2 heterocycles. The van der Waals surface area contributed by atoms with Crippen molar-refractivity contribution in [1.82, 2.24) is 9.88 Å². The lowest BCUT2D eigenvalue weighted by Gasteiger charge is -2.09. The van der Waals surface area contributed by atoms with E-state index in [9.17, 15) is 14.4 Å². The fourth-order valence-corrected chi connectivity index (χ4v) is 4.36. The molecule has 4 rings (SSSR count). The minimum atomic E-state index is -0.416. The summed E-state index contributed by atoms with van der Waals surface area (Å²) in [4.78, 5) is 43.0. The highest BCUT2D eigenvalue weighted by Crippen LogP contribution is 2.30. The molecule has 0 saturated carbocycles. The molecule has 1 aliphatic heterocycles. The van der Waals surface area contributed by atoms with Gasteiger partial charge < -0.3 is 0 Å². The second kappa shape index (κ2) is 6.69. The molecule has 140 valence electrons. The molecule has 3 amide bonds. The fourth-order valence-electron chi connectivity index (χ4n) is 3.32. The van der Waals surface area contributed by atoms with Crippen molar-refractivity contribution >= 4 is 44.4 Å². The van der Waals surface area contributed by atoms with Crippen molar-refractivity contribution in [3.8, 4) is 0 Å². The van der Waals surface area contributed by atoms with Crippen LogP contribution in [0.2, 0.25) is 0 Å². The number of imide groups is 1. The number of aromatic nitrogens is 1. The van der Waals surface area contributed by atoms with Crippen LogP contribution in [-0.2, 0) is 0 Å². The van der Waals surface area contributed by atoms with Gasteiger partial charge in [-0.05, 0) is 49.2 Å². The Kier molecular flexibility index (Phi) is 4.31. The second-order valence-corrected chi connectivity index (χ2v) is 7.70. The highest BCUT2D eigenvalue weighted by Gasteiger charge is 2.35. The molecule has 0 fully saturated rings. The van der Waals surface area contributed by atoms with Crippen LogP contribution >= 0.6 is 11.3 Å². The molecule has 0 saturated heterocycles. The molecule has 0 aliphatic carbocycles. The van der Waals surface area contributed by atoms with Gasteiger partial charge in [0, 0.05) is 12.1 Å². The van der Waals surface area contributed by atoms with Crippen molar-refractivity contribution in [2.24, 2.45) is 0 Å². The first-order chi connectivity index (χ1) is 13.4. The second-order valence-electron chi connectivity index (χ2n) is 6.67. The summed E-state index contributed by atoms with van der Waals surface area (Å²) in [5.41, 5.74) is 3.88. The van der Waals surface area contributed by atoms with Crippen LogP contribution in [0.4, 0.5) is 5.13 Å². The predicted molar refractivity (Wildman–Crippen MR) is 109 cm³/mol. The Morgan fingerprint density at radius 1 is 1.18 bits per heavy atom. The average Bonchev–Trinajstić information content (AvgIpc) is 3.16. The van der Waals surface area contributed by atoms with Gasteiger partial charge in [0.25, 0.3) is 17.7 Å². The quantitative estimate of drug-likeness (QED) is 0.540. The molecule has 28 heavy (non-hydrogen) atoms. The molecule has 0 atom stereocenters. The minimum absolute atomic E-state index is 0.137. The number of rotatable bonds is 4. The van der Waals surface area contributed by atoms with Gasteiger partial charge in [-0.1, -0.05) is 23.5 Å². The van der Waals surface area contributed by atoms with E-state index in [1.165, 1.54) is 29.5 Å². The Balaban J connectivity index is 1.62. The number of hydrogen-bond acceptors (Lipinski definition) is 5. The van der Waals surface area contributed by atoms with E-state index in [4.69, 9.17) is 0 Å². The van der Waals surface area contributed by atoms with Crippen molar-refractivity contribution in [2.75, 3.05) is 11.9 Å². The number of nitrogens with one attached hydrogen (secondary N) is 1. The maximum atomic E-state index is 12.7. The van der Waals surface area contributed by atoms with Crippen LogP contribution in [-0.4, -0.2) is 34.2 Å². The van der Waals surface area contributed by atoms with Crippen LogP contribution in [0.3, 0.4) is 0 Å². The number of carbonyl (C=O) groups excluding carboxylic acids is 3. The summed E-state index contributed by atoms with van der Waals surface area (Å²) in [7, 11) is 0. The molecule has 0 unspecified atom stereocenters. The molecule has 0 bridgehead atoms. The summed E-state index contributed by atoms with van der Waals surface area (Å²) in [6, 6.07) is 8.59. The molecule has 1 N–H and O–H groups in total. The maximum absolute atomic E-state index is 12.7. The summed E-state index contributed by atoms with van der Waals surface area (Å²) < 4.78 is 1.00. The van der Waals surface area contributed by atoms with Gasteiger partial charge in [-0.2, -0.15) is 0 Å². The zero-order valence-electron chi connectivity index (χ0n) is 15.4. The summed E-state index contributed by atoms with van der Waals surface area (Å²) >= 11 is 1.40. The summed E-state index contributed by atoms with van der Waals surface area (Å²) in [5.74, 6) is -1.16. The van der Waals surface area contributed by atoms with Crippen LogP contribution in [0.15, 0.2) is 43.0 Å². The van der Waals surface area contributed by atoms with Gasteiger partial charge in [0.05, 0.1) is 21.3 Å². The third kappa shape index (κ3) is 2.90. The molecule has 1 aromatic heterocycles. The first kappa shape index (κ1) is 18.1. The van der Waals surface area contributed by atoms with Gasteiger partial charge in [0.2, 0.25) is 0 Å². The van der Waals surface area contributed by atoms with Gasteiger partial charge in [0.15, 0.2) is 5.13 Å². The van der Waals surface area contributed by atoms with Crippen LogP contribution in [0.1, 0.15) is 42.2 Å². The Labute approximate surface area is 165 Å². The Morgan fingerprint density at radius 3 is 2.68 bits per heavy atom. The van der Waals surface area contributed by atoms with E-state index in [1.54, 1.807) is 6.07 Å². The van der Waals surface area contributed by atoms with E-state index in [1.807, 2.05) is 26.0 Å². The average molecular weight is 391 g/mol. The Morgan fingerprint density at radius 2 is 1.93 bits per heavy atom. The van der Waals surface area contributed by atoms with Gasteiger partial charge in [-0.3, -0.25) is 24.6 Å².